The lowest BCUT2D eigenvalue weighted by Gasteiger charge is -2.15. The van der Waals surface area contributed by atoms with E-state index in [9.17, 15) is 9.59 Å². The highest BCUT2D eigenvalue weighted by Crippen LogP contribution is 2.11. The third kappa shape index (κ3) is 4.61. The number of rotatable bonds is 7. The molecule has 0 aromatic heterocycles. The Labute approximate surface area is 95.6 Å². The maximum Gasteiger partial charge on any atom is 0.303 e. The highest BCUT2D eigenvalue weighted by molar-refractivity contribution is 5.79. The van der Waals surface area contributed by atoms with Gasteiger partial charge in [0.25, 0.3) is 0 Å². The van der Waals surface area contributed by atoms with Crippen molar-refractivity contribution in [2.24, 2.45) is 5.73 Å². The molecule has 1 atom stereocenters. The summed E-state index contributed by atoms with van der Waals surface area (Å²) in [4.78, 5) is 23.4. The fourth-order valence-corrected chi connectivity index (χ4v) is 1.95. The summed E-state index contributed by atoms with van der Waals surface area (Å²) in [5.74, 6) is -0.585. The Morgan fingerprint density at radius 3 is 2.62 bits per heavy atom. The molecule has 92 valence electrons. The molecule has 1 aliphatic heterocycles. The minimum Gasteiger partial charge on any atom is -0.481 e. The van der Waals surface area contributed by atoms with E-state index in [1.165, 1.54) is 0 Å². The highest BCUT2D eigenvalue weighted by Gasteiger charge is 2.25. The van der Waals surface area contributed by atoms with Crippen LogP contribution < -0.4 is 5.73 Å². The lowest BCUT2D eigenvalue weighted by molar-refractivity contribution is -0.137. The number of unbranched alkanes of at least 4 members (excludes halogenated alkanes) is 3. The van der Waals surface area contributed by atoms with Crippen LogP contribution in [0.15, 0.2) is 0 Å². The van der Waals surface area contributed by atoms with Crippen molar-refractivity contribution in [1.82, 2.24) is 4.90 Å². The lowest BCUT2D eigenvalue weighted by Crippen LogP contribution is -2.29. The molecule has 0 saturated carbocycles. The van der Waals surface area contributed by atoms with Crippen molar-refractivity contribution in [2.45, 2.75) is 44.6 Å². The van der Waals surface area contributed by atoms with E-state index in [1.807, 2.05) is 4.90 Å². The van der Waals surface area contributed by atoms with Gasteiger partial charge in [0.2, 0.25) is 5.91 Å². The first-order chi connectivity index (χ1) is 7.59. The van der Waals surface area contributed by atoms with Crippen LogP contribution in [0, 0.1) is 0 Å². The summed E-state index contributed by atoms with van der Waals surface area (Å²) >= 11 is 0. The molecule has 0 bridgehead atoms. The van der Waals surface area contributed by atoms with Gasteiger partial charge in [0.05, 0.1) is 0 Å². The molecular weight excluding hydrogens is 208 g/mol. The minimum absolute atomic E-state index is 0.000453. The van der Waals surface area contributed by atoms with Gasteiger partial charge < -0.3 is 15.7 Å². The standard InChI is InChI=1S/C11H20N2O3/c12-9-7-10(14)13(8-9)6-4-2-1-3-5-11(15)16/h9H,1-8,12H2,(H,15,16). The first kappa shape index (κ1) is 13.0. The van der Waals surface area contributed by atoms with Crippen molar-refractivity contribution in [1.29, 1.82) is 0 Å². The van der Waals surface area contributed by atoms with Gasteiger partial charge in [0, 0.05) is 32.0 Å². The van der Waals surface area contributed by atoms with Crippen molar-refractivity contribution < 1.29 is 14.7 Å². The fourth-order valence-electron chi connectivity index (χ4n) is 1.95. The Morgan fingerprint density at radius 2 is 2.06 bits per heavy atom. The molecule has 16 heavy (non-hydrogen) atoms. The van der Waals surface area contributed by atoms with E-state index in [2.05, 4.69) is 0 Å². The third-order valence-electron chi connectivity index (χ3n) is 2.81. The molecule has 1 fully saturated rings. The summed E-state index contributed by atoms with van der Waals surface area (Å²) in [5.41, 5.74) is 5.67. The monoisotopic (exact) mass is 228 g/mol. The van der Waals surface area contributed by atoms with Gasteiger partial charge in [-0.25, -0.2) is 0 Å². The van der Waals surface area contributed by atoms with Gasteiger partial charge in [-0.2, -0.15) is 0 Å². The second kappa shape index (κ2) is 6.48. The first-order valence-electron chi connectivity index (χ1n) is 5.84. The van der Waals surface area contributed by atoms with E-state index in [1.54, 1.807) is 0 Å². The van der Waals surface area contributed by atoms with Crippen LogP contribution in [-0.2, 0) is 9.59 Å². The van der Waals surface area contributed by atoms with E-state index < -0.39 is 5.97 Å². The summed E-state index contributed by atoms with van der Waals surface area (Å²) in [6.07, 6.45) is 4.28. The summed E-state index contributed by atoms with van der Waals surface area (Å²) in [7, 11) is 0. The normalized spacial score (nSPS) is 20.4. The van der Waals surface area contributed by atoms with Crippen LogP contribution in [0.2, 0.25) is 0 Å². The molecule has 0 spiro atoms. The maximum atomic E-state index is 11.4. The van der Waals surface area contributed by atoms with Crippen molar-refractivity contribution in [3.8, 4) is 0 Å². The summed E-state index contributed by atoms with van der Waals surface area (Å²) < 4.78 is 0. The molecular formula is C11H20N2O3. The van der Waals surface area contributed by atoms with Crippen LogP contribution in [0.3, 0.4) is 0 Å². The van der Waals surface area contributed by atoms with E-state index in [-0.39, 0.29) is 18.4 Å². The summed E-state index contributed by atoms with van der Waals surface area (Å²) in [6, 6.07) is -0.000453. The third-order valence-corrected chi connectivity index (χ3v) is 2.81. The van der Waals surface area contributed by atoms with Crippen molar-refractivity contribution in [3.63, 3.8) is 0 Å². The van der Waals surface area contributed by atoms with Gasteiger partial charge in [-0.05, 0) is 12.8 Å². The van der Waals surface area contributed by atoms with Crippen molar-refractivity contribution in [2.75, 3.05) is 13.1 Å². The second-order valence-corrected chi connectivity index (χ2v) is 4.36. The van der Waals surface area contributed by atoms with Gasteiger partial charge in [-0.15, -0.1) is 0 Å². The van der Waals surface area contributed by atoms with Crippen LogP contribution in [0.4, 0.5) is 0 Å². The van der Waals surface area contributed by atoms with Gasteiger partial charge >= 0.3 is 5.97 Å². The molecule has 1 heterocycles. The van der Waals surface area contributed by atoms with Crippen LogP contribution in [0.25, 0.3) is 0 Å². The largest absolute Gasteiger partial charge is 0.481 e. The number of carbonyl (C=O) groups is 2. The molecule has 1 rings (SSSR count). The van der Waals surface area contributed by atoms with Crippen LogP contribution in [-0.4, -0.2) is 41.0 Å². The van der Waals surface area contributed by atoms with Crippen LogP contribution in [0.1, 0.15) is 38.5 Å². The molecule has 1 amide bonds. The SMILES string of the molecule is NC1CC(=O)N(CCCCCCC(=O)O)C1. The summed E-state index contributed by atoms with van der Waals surface area (Å²) in [5, 5.41) is 8.44. The number of likely N-dealkylation sites (tertiary alicyclic amines) is 1. The smallest absolute Gasteiger partial charge is 0.303 e. The predicted molar refractivity (Wildman–Crippen MR) is 59.9 cm³/mol. The average Bonchev–Trinajstić information content (AvgIpc) is 2.50. The number of hydrogen-bond donors (Lipinski definition) is 2. The number of hydrogen-bond acceptors (Lipinski definition) is 3. The highest BCUT2D eigenvalue weighted by atomic mass is 16.4. The molecule has 1 unspecified atom stereocenters. The second-order valence-electron chi connectivity index (χ2n) is 4.36. The zero-order valence-electron chi connectivity index (χ0n) is 9.52. The number of nitrogens with zero attached hydrogens (tertiary/aromatic N) is 1. The number of aliphatic carboxylic acids is 1. The quantitative estimate of drug-likeness (QED) is 0.624. The Bertz CT molecular complexity index is 256. The minimum atomic E-state index is -0.735. The average molecular weight is 228 g/mol. The summed E-state index contributed by atoms with van der Waals surface area (Å²) in [6.45, 7) is 1.44. The Balaban J connectivity index is 1.99. The first-order valence-corrected chi connectivity index (χ1v) is 5.84. The van der Waals surface area contributed by atoms with E-state index >= 15 is 0 Å². The van der Waals surface area contributed by atoms with Gasteiger partial charge in [-0.1, -0.05) is 12.8 Å². The number of carboxylic acids is 1. The van der Waals surface area contributed by atoms with Crippen molar-refractivity contribution >= 4 is 11.9 Å². The predicted octanol–water partition coefficient (Wildman–Crippen LogP) is 0.581. The Hall–Kier alpha value is -1.10. The van der Waals surface area contributed by atoms with Crippen LogP contribution in [0.5, 0.6) is 0 Å². The number of nitrogens with two attached hydrogens (primary N) is 1. The fraction of sp³-hybridized carbons (Fsp3) is 0.818. The lowest BCUT2D eigenvalue weighted by atomic mass is 10.1. The number of carbonyl (C=O) groups excluding carboxylic acids is 1. The van der Waals surface area contributed by atoms with Gasteiger partial charge in [0.1, 0.15) is 0 Å². The molecule has 1 saturated heterocycles. The molecule has 0 radical (unpaired) electrons. The van der Waals surface area contributed by atoms with E-state index in [4.69, 9.17) is 10.8 Å². The zero-order valence-corrected chi connectivity index (χ0v) is 9.52. The zero-order chi connectivity index (χ0) is 12.0. The molecule has 0 aromatic carbocycles. The Morgan fingerprint density at radius 1 is 1.38 bits per heavy atom. The molecule has 0 aromatic rings. The Kier molecular flexibility index (Phi) is 5.25. The van der Waals surface area contributed by atoms with Crippen LogP contribution >= 0.6 is 0 Å². The van der Waals surface area contributed by atoms with Gasteiger partial charge in [0.15, 0.2) is 0 Å². The molecule has 3 N–H and O–H groups in total. The molecule has 5 heteroatoms. The number of amides is 1. The van der Waals surface area contributed by atoms with Gasteiger partial charge in [-0.3, -0.25) is 9.59 Å². The number of carboxylic acid groups (broad SMARTS) is 1. The maximum absolute atomic E-state index is 11.4. The van der Waals surface area contributed by atoms with E-state index in [0.717, 1.165) is 32.2 Å². The molecule has 0 aliphatic carbocycles. The molecule has 1 aliphatic rings. The van der Waals surface area contributed by atoms with E-state index in [0.29, 0.717) is 13.0 Å². The topological polar surface area (TPSA) is 83.6 Å². The molecule has 5 nitrogen and oxygen atoms in total. The van der Waals surface area contributed by atoms with Crippen molar-refractivity contribution in [3.05, 3.63) is 0 Å².